The van der Waals surface area contributed by atoms with Gasteiger partial charge in [0.1, 0.15) is 18.3 Å². The van der Waals surface area contributed by atoms with Gasteiger partial charge in [0.05, 0.1) is 30.8 Å². The van der Waals surface area contributed by atoms with Crippen LogP contribution in [0.4, 0.5) is 5.69 Å². The van der Waals surface area contributed by atoms with Crippen molar-refractivity contribution in [3.8, 4) is 0 Å². The quantitative estimate of drug-likeness (QED) is 0.0617. The van der Waals surface area contributed by atoms with Gasteiger partial charge in [-0.05, 0) is 96.3 Å². The van der Waals surface area contributed by atoms with E-state index >= 15 is 0 Å². The lowest BCUT2D eigenvalue weighted by Gasteiger charge is -2.50. The molecule has 49 heavy (non-hydrogen) atoms. The van der Waals surface area contributed by atoms with Crippen LogP contribution in [0, 0.1) is 10.1 Å². The lowest BCUT2D eigenvalue weighted by atomic mass is 9.98. The van der Waals surface area contributed by atoms with Crippen LogP contribution in [0.25, 0.3) is 0 Å². The van der Waals surface area contributed by atoms with Gasteiger partial charge in [-0.3, -0.25) is 14.9 Å². The topological polar surface area (TPSA) is 154 Å². The lowest BCUT2D eigenvalue weighted by molar-refractivity contribution is -0.384. The van der Waals surface area contributed by atoms with E-state index in [1.54, 1.807) is 12.1 Å². The number of nitrogens with zero attached hydrogens (tertiary/aromatic N) is 1. The van der Waals surface area contributed by atoms with Gasteiger partial charge in [0.25, 0.3) is 11.6 Å². The van der Waals surface area contributed by atoms with Gasteiger partial charge in [-0.1, -0.05) is 23.2 Å². The molecule has 0 bridgehead atoms. The molecule has 0 unspecified atom stereocenters. The molecule has 7 atom stereocenters. The number of methoxy groups -OCH3 is 1. The summed E-state index contributed by atoms with van der Waals surface area (Å²) in [6.45, 7) is 23.9. The second-order valence-electron chi connectivity index (χ2n) is 15.8. The minimum absolute atomic E-state index is 0.103. The van der Waals surface area contributed by atoms with Gasteiger partial charge in [0, 0.05) is 12.1 Å². The lowest BCUT2D eigenvalue weighted by Crippen LogP contribution is -2.67. The van der Waals surface area contributed by atoms with E-state index in [1.165, 1.54) is 19.2 Å². The molecule has 0 radical (unpaired) electrons. The predicted octanol–water partition coefficient (Wildman–Crippen LogP) is 6.35. The summed E-state index contributed by atoms with van der Waals surface area (Å²) in [7, 11) is -7.99. The van der Waals surface area contributed by atoms with Crippen LogP contribution in [0.3, 0.4) is 0 Å². The first-order valence-electron chi connectivity index (χ1n) is 16.1. The van der Waals surface area contributed by atoms with Crippen molar-refractivity contribution in [2.75, 3.05) is 13.7 Å². The zero-order chi connectivity index (χ0) is 37.7. The van der Waals surface area contributed by atoms with Gasteiger partial charge in [-0.25, -0.2) is 4.79 Å². The molecular formula is C30H54Cl2N2O11Si4. The van der Waals surface area contributed by atoms with Crippen LogP contribution in [0.15, 0.2) is 24.3 Å². The van der Waals surface area contributed by atoms with Crippen molar-refractivity contribution < 1.29 is 46.4 Å². The zero-order valence-corrected chi connectivity index (χ0v) is 36.3. The van der Waals surface area contributed by atoms with Crippen LogP contribution in [0.1, 0.15) is 11.7 Å². The summed E-state index contributed by atoms with van der Waals surface area (Å²) >= 11 is 11.9. The first-order chi connectivity index (χ1) is 22.2. The largest absolute Gasteiger partial charge is 0.467 e. The molecule has 1 fully saturated rings. The molecular weight excluding hydrogens is 748 g/mol. The Morgan fingerprint density at radius 1 is 0.837 bits per heavy atom. The number of rotatable bonds is 17. The number of non-ortho nitro benzene ring substituents is 1. The van der Waals surface area contributed by atoms with Crippen molar-refractivity contribution in [3.63, 3.8) is 0 Å². The molecule has 280 valence electrons. The summed E-state index contributed by atoms with van der Waals surface area (Å²) in [6.07, 6.45) is -5.67. The van der Waals surface area contributed by atoms with Crippen molar-refractivity contribution in [2.24, 2.45) is 0 Å². The van der Waals surface area contributed by atoms with E-state index in [2.05, 4.69) is 5.32 Å². The molecule has 13 nitrogen and oxygen atoms in total. The van der Waals surface area contributed by atoms with Crippen molar-refractivity contribution in [2.45, 2.75) is 126 Å². The maximum Gasteiger partial charge on any atom is 0.337 e. The van der Waals surface area contributed by atoms with Gasteiger partial charge in [0.15, 0.2) is 50.5 Å². The highest BCUT2D eigenvalue weighted by Crippen LogP contribution is 2.36. The van der Waals surface area contributed by atoms with Gasteiger partial charge >= 0.3 is 5.97 Å². The van der Waals surface area contributed by atoms with E-state index in [0.29, 0.717) is 5.56 Å². The van der Waals surface area contributed by atoms with Gasteiger partial charge < -0.3 is 37.2 Å². The summed E-state index contributed by atoms with van der Waals surface area (Å²) in [5.41, 5.74) is 0.450. The molecule has 1 aromatic rings. The number of ether oxygens (including phenoxy) is 3. The minimum atomic E-state index is -2.34. The van der Waals surface area contributed by atoms with Crippen molar-refractivity contribution in [1.82, 2.24) is 5.32 Å². The molecule has 1 aromatic carbocycles. The van der Waals surface area contributed by atoms with E-state index in [9.17, 15) is 19.7 Å². The maximum atomic E-state index is 13.3. The fourth-order valence-electron chi connectivity index (χ4n) is 5.06. The number of carbonyl (C=O) groups excluding carboxylic acids is 2. The number of hydrogen-bond acceptors (Lipinski definition) is 11. The summed E-state index contributed by atoms with van der Waals surface area (Å²) in [4.78, 5) is 35.7. The highest BCUT2D eigenvalue weighted by atomic mass is 35.5. The third kappa shape index (κ3) is 14.7. The third-order valence-electron chi connectivity index (χ3n) is 6.64. The zero-order valence-electron chi connectivity index (χ0n) is 30.8. The first-order valence-corrected chi connectivity index (χ1v) is 30.6. The molecule has 1 N–H and O–H groups in total. The Bertz CT molecular complexity index is 1270. The molecule has 0 aromatic heterocycles. The summed E-state index contributed by atoms with van der Waals surface area (Å²) in [5.74, 6) is -1.35. The fourth-order valence-corrected chi connectivity index (χ4v) is 9.47. The molecule has 1 aliphatic heterocycles. The van der Waals surface area contributed by atoms with E-state index in [0.717, 1.165) is 0 Å². The second kappa shape index (κ2) is 17.5. The smallest absolute Gasteiger partial charge is 0.337 e. The number of amides is 1. The second-order valence-corrected chi connectivity index (χ2v) is 34.7. The Labute approximate surface area is 304 Å². The van der Waals surface area contributed by atoms with Crippen LogP contribution in [0.5, 0.6) is 0 Å². The van der Waals surface area contributed by atoms with Crippen LogP contribution in [-0.2, 0) is 41.5 Å². The molecule has 1 aliphatic rings. The highest BCUT2D eigenvalue weighted by Gasteiger charge is 2.54. The first kappa shape index (κ1) is 43.9. The Morgan fingerprint density at radius 2 is 1.33 bits per heavy atom. The Morgan fingerprint density at radius 3 is 1.76 bits per heavy atom. The summed E-state index contributed by atoms with van der Waals surface area (Å²) in [6, 6.07) is 4.95. The normalized spacial score (nSPS) is 23.6. The van der Waals surface area contributed by atoms with Gasteiger partial charge in [-0.2, -0.15) is 0 Å². The summed E-state index contributed by atoms with van der Waals surface area (Å²) < 4.78 is 44.7. The van der Waals surface area contributed by atoms with E-state index in [4.69, 9.17) is 55.1 Å². The minimum Gasteiger partial charge on any atom is -0.467 e. The van der Waals surface area contributed by atoms with Gasteiger partial charge in [0.2, 0.25) is 0 Å². The van der Waals surface area contributed by atoms with E-state index < -0.39 is 97.8 Å². The van der Waals surface area contributed by atoms with E-state index in [-0.39, 0.29) is 12.3 Å². The SMILES string of the molecule is COC(=O)[C@H]1O[C@@H](OC[C@@H](NC(=O)C(Cl)Cl)[C@H](O[Si](C)(C)C)c2ccc([N+](=O)[O-])cc2)[C@H](O[Si](C)(C)C)[C@@H](O[Si](C)(C)C)[C@@H]1O[Si](C)(C)C. The van der Waals surface area contributed by atoms with Crippen molar-refractivity contribution in [3.05, 3.63) is 39.9 Å². The number of hydrogen-bond donors (Lipinski definition) is 1. The van der Waals surface area contributed by atoms with Crippen LogP contribution in [0.2, 0.25) is 78.6 Å². The summed E-state index contributed by atoms with van der Waals surface area (Å²) in [5, 5.41) is 14.2. The number of esters is 1. The molecule has 0 saturated carbocycles. The fraction of sp³-hybridized carbons (Fsp3) is 0.733. The molecule has 1 saturated heterocycles. The van der Waals surface area contributed by atoms with E-state index in [1.807, 2.05) is 78.6 Å². The Hall–Kier alpha value is -1.23. The molecule has 19 heteroatoms. The molecule has 1 amide bonds. The Balaban J connectivity index is 2.69. The van der Waals surface area contributed by atoms with Crippen LogP contribution >= 0.6 is 23.2 Å². The molecule has 1 heterocycles. The Kier molecular flexibility index (Phi) is 15.7. The number of nitro benzene ring substituents is 1. The molecule has 0 aliphatic carbocycles. The number of alkyl halides is 2. The van der Waals surface area contributed by atoms with Crippen LogP contribution < -0.4 is 5.32 Å². The number of nitrogens with one attached hydrogen (secondary N) is 1. The number of benzene rings is 1. The number of halogens is 2. The molecule has 0 spiro atoms. The average molecular weight is 802 g/mol. The van der Waals surface area contributed by atoms with Crippen molar-refractivity contribution >= 4 is 74.0 Å². The van der Waals surface area contributed by atoms with Crippen molar-refractivity contribution in [1.29, 1.82) is 0 Å². The third-order valence-corrected chi connectivity index (χ3v) is 10.9. The maximum absolute atomic E-state index is 13.3. The monoisotopic (exact) mass is 800 g/mol. The predicted molar refractivity (Wildman–Crippen MR) is 199 cm³/mol. The standard InChI is InChI=1S/C30H54Cl2N2O11Si4/c1-39-29(36)25-23(43-47(5,6)7)24(44-48(8,9)10)26(45-49(11,12)13)30(41-25)40-18-21(33-28(35)27(31)32)22(42-46(2,3)4)19-14-16-20(17-15-19)34(37)38/h14-17,21-27,30H,18H2,1-13H3,(H,33,35)/t21-,22-,23+,24+,25+,26-,30-/m1/s1. The van der Waals surface area contributed by atoms with Gasteiger partial charge in [-0.15, -0.1) is 0 Å². The highest BCUT2D eigenvalue weighted by molar-refractivity contribution is 6.71. The average Bonchev–Trinajstić information content (AvgIpc) is 2.93. The number of nitro groups is 1. The number of carbonyl (C=O) groups is 2. The van der Waals surface area contributed by atoms with Crippen LogP contribution in [-0.4, -0.2) is 105 Å². The molecule has 2 rings (SSSR count).